The summed E-state index contributed by atoms with van der Waals surface area (Å²) >= 11 is 0. The second-order valence-corrected chi connectivity index (χ2v) is 5.01. The van der Waals surface area contributed by atoms with E-state index in [0.29, 0.717) is 5.69 Å². The van der Waals surface area contributed by atoms with Gasteiger partial charge in [0, 0.05) is 37.7 Å². The molecule has 2 aromatic rings. The maximum atomic E-state index is 12.0. The van der Waals surface area contributed by atoms with Crippen molar-refractivity contribution in [1.29, 1.82) is 0 Å². The molecule has 108 valence electrons. The van der Waals surface area contributed by atoms with Crippen LogP contribution in [0, 0.1) is 0 Å². The van der Waals surface area contributed by atoms with Gasteiger partial charge in [0.25, 0.3) is 5.91 Å². The predicted molar refractivity (Wildman–Crippen MR) is 79.0 cm³/mol. The Morgan fingerprint density at radius 3 is 2.67 bits per heavy atom. The first-order valence-corrected chi connectivity index (χ1v) is 7.06. The number of amides is 1. The Kier molecular flexibility index (Phi) is 4.04. The van der Waals surface area contributed by atoms with Gasteiger partial charge < -0.3 is 10.2 Å². The van der Waals surface area contributed by atoms with E-state index in [2.05, 4.69) is 25.2 Å². The zero-order valence-electron chi connectivity index (χ0n) is 11.6. The average Bonchev–Trinajstić information content (AvgIpc) is 2.57. The van der Waals surface area contributed by atoms with Crippen LogP contribution < -0.4 is 10.2 Å². The highest BCUT2D eigenvalue weighted by Crippen LogP contribution is 2.17. The third-order valence-electron chi connectivity index (χ3n) is 3.60. The SMILES string of the molecule is O=C(NC1CCN(c2ccccn2)CC1)c1cnccn1. The Balaban J connectivity index is 1.53. The number of hydrogen-bond donors (Lipinski definition) is 1. The van der Waals surface area contributed by atoms with Gasteiger partial charge in [0.2, 0.25) is 0 Å². The number of carbonyl (C=O) groups is 1. The van der Waals surface area contributed by atoms with Crippen LogP contribution in [0.1, 0.15) is 23.3 Å². The van der Waals surface area contributed by atoms with Gasteiger partial charge in [0.1, 0.15) is 11.5 Å². The van der Waals surface area contributed by atoms with Gasteiger partial charge in [-0.3, -0.25) is 9.78 Å². The molecule has 1 aliphatic rings. The first-order chi connectivity index (χ1) is 10.3. The highest BCUT2D eigenvalue weighted by atomic mass is 16.1. The van der Waals surface area contributed by atoms with Crippen LogP contribution in [0.25, 0.3) is 0 Å². The van der Waals surface area contributed by atoms with E-state index >= 15 is 0 Å². The van der Waals surface area contributed by atoms with Gasteiger partial charge in [-0.05, 0) is 25.0 Å². The third kappa shape index (κ3) is 3.34. The molecule has 0 aromatic carbocycles. The van der Waals surface area contributed by atoms with Crippen molar-refractivity contribution in [3.05, 3.63) is 48.7 Å². The first-order valence-electron chi connectivity index (χ1n) is 7.06. The molecule has 0 spiro atoms. The Morgan fingerprint density at radius 1 is 1.14 bits per heavy atom. The maximum absolute atomic E-state index is 12.0. The Morgan fingerprint density at radius 2 is 2.00 bits per heavy atom. The molecular formula is C15H17N5O. The predicted octanol–water partition coefficient (Wildman–Crippen LogP) is 1.27. The third-order valence-corrected chi connectivity index (χ3v) is 3.60. The molecule has 1 amide bonds. The molecule has 3 heterocycles. The number of hydrogen-bond acceptors (Lipinski definition) is 5. The van der Waals surface area contributed by atoms with Crippen molar-refractivity contribution in [2.75, 3.05) is 18.0 Å². The van der Waals surface area contributed by atoms with Gasteiger partial charge in [-0.25, -0.2) is 9.97 Å². The lowest BCUT2D eigenvalue weighted by atomic mass is 10.0. The largest absolute Gasteiger partial charge is 0.356 e. The molecule has 0 radical (unpaired) electrons. The molecule has 1 N–H and O–H groups in total. The molecule has 1 aliphatic heterocycles. The van der Waals surface area contributed by atoms with Crippen molar-refractivity contribution in [3.8, 4) is 0 Å². The van der Waals surface area contributed by atoms with Crippen molar-refractivity contribution >= 4 is 11.7 Å². The number of nitrogens with zero attached hydrogens (tertiary/aromatic N) is 4. The molecule has 2 aromatic heterocycles. The fraction of sp³-hybridized carbons (Fsp3) is 0.333. The van der Waals surface area contributed by atoms with Crippen LogP contribution in [0.5, 0.6) is 0 Å². The Labute approximate surface area is 123 Å². The summed E-state index contributed by atoms with van der Waals surface area (Å²) in [7, 11) is 0. The van der Waals surface area contributed by atoms with E-state index in [9.17, 15) is 4.79 Å². The van der Waals surface area contributed by atoms with Crippen LogP contribution in [-0.2, 0) is 0 Å². The van der Waals surface area contributed by atoms with E-state index in [4.69, 9.17) is 0 Å². The smallest absolute Gasteiger partial charge is 0.271 e. The van der Waals surface area contributed by atoms with Crippen molar-refractivity contribution in [2.45, 2.75) is 18.9 Å². The van der Waals surface area contributed by atoms with Crippen LogP contribution >= 0.6 is 0 Å². The van der Waals surface area contributed by atoms with Gasteiger partial charge in [0.15, 0.2) is 0 Å². The summed E-state index contributed by atoms with van der Waals surface area (Å²) in [6.45, 7) is 1.78. The summed E-state index contributed by atoms with van der Waals surface area (Å²) < 4.78 is 0. The Hall–Kier alpha value is -2.50. The minimum Gasteiger partial charge on any atom is -0.356 e. The van der Waals surface area contributed by atoms with Crippen molar-refractivity contribution in [1.82, 2.24) is 20.3 Å². The number of rotatable bonds is 3. The minimum absolute atomic E-state index is 0.153. The topological polar surface area (TPSA) is 71.0 Å². The van der Waals surface area contributed by atoms with E-state index in [1.165, 1.54) is 12.4 Å². The summed E-state index contributed by atoms with van der Waals surface area (Å²) in [5.74, 6) is 0.843. The highest BCUT2D eigenvalue weighted by molar-refractivity contribution is 5.92. The zero-order valence-corrected chi connectivity index (χ0v) is 11.6. The normalized spacial score (nSPS) is 15.7. The standard InChI is InChI=1S/C15H17N5O/c21-15(13-11-16-7-8-17-13)19-12-4-9-20(10-5-12)14-3-1-2-6-18-14/h1-3,6-8,11-12H,4-5,9-10H2,(H,19,21). The molecular weight excluding hydrogens is 266 g/mol. The summed E-state index contributed by atoms with van der Waals surface area (Å²) in [6, 6.07) is 6.10. The number of anilines is 1. The molecule has 0 aliphatic carbocycles. The average molecular weight is 283 g/mol. The molecule has 1 saturated heterocycles. The fourth-order valence-electron chi connectivity index (χ4n) is 2.47. The van der Waals surface area contributed by atoms with Crippen molar-refractivity contribution in [2.24, 2.45) is 0 Å². The van der Waals surface area contributed by atoms with Gasteiger partial charge >= 0.3 is 0 Å². The maximum Gasteiger partial charge on any atom is 0.271 e. The van der Waals surface area contributed by atoms with Crippen LogP contribution in [0.15, 0.2) is 43.0 Å². The molecule has 21 heavy (non-hydrogen) atoms. The monoisotopic (exact) mass is 283 g/mol. The number of aromatic nitrogens is 3. The number of pyridine rings is 1. The number of nitrogens with one attached hydrogen (secondary N) is 1. The number of piperidine rings is 1. The second-order valence-electron chi connectivity index (χ2n) is 5.01. The van der Waals surface area contributed by atoms with Crippen LogP contribution in [-0.4, -0.2) is 40.0 Å². The molecule has 6 nitrogen and oxygen atoms in total. The van der Waals surface area contributed by atoms with E-state index in [1.807, 2.05) is 18.2 Å². The van der Waals surface area contributed by atoms with E-state index in [1.54, 1.807) is 12.4 Å². The van der Waals surface area contributed by atoms with E-state index < -0.39 is 0 Å². The summed E-state index contributed by atoms with van der Waals surface area (Å²) in [5.41, 5.74) is 0.365. The van der Waals surface area contributed by atoms with Crippen LogP contribution in [0.4, 0.5) is 5.82 Å². The quantitative estimate of drug-likeness (QED) is 0.918. The lowest BCUT2D eigenvalue weighted by Crippen LogP contribution is -2.45. The van der Waals surface area contributed by atoms with Crippen LogP contribution in [0.3, 0.4) is 0 Å². The van der Waals surface area contributed by atoms with Gasteiger partial charge in [-0.1, -0.05) is 6.07 Å². The van der Waals surface area contributed by atoms with Crippen molar-refractivity contribution < 1.29 is 4.79 Å². The highest BCUT2D eigenvalue weighted by Gasteiger charge is 2.22. The molecule has 6 heteroatoms. The molecule has 1 fully saturated rings. The van der Waals surface area contributed by atoms with Gasteiger partial charge in [-0.2, -0.15) is 0 Å². The Bertz CT molecular complexity index is 582. The lowest BCUT2D eigenvalue weighted by molar-refractivity contribution is 0.0925. The number of carbonyl (C=O) groups excluding carboxylic acids is 1. The van der Waals surface area contributed by atoms with Gasteiger partial charge in [-0.15, -0.1) is 0 Å². The van der Waals surface area contributed by atoms with Gasteiger partial charge in [0.05, 0.1) is 6.20 Å². The molecule has 0 unspecified atom stereocenters. The zero-order chi connectivity index (χ0) is 14.5. The summed E-state index contributed by atoms with van der Waals surface area (Å²) in [4.78, 5) is 26.5. The summed E-state index contributed by atoms with van der Waals surface area (Å²) in [6.07, 6.45) is 8.18. The van der Waals surface area contributed by atoms with Crippen LogP contribution in [0.2, 0.25) is 0 Å². The van der Waals surface area contributed by atoms with E-state index in [-0.39, 0.29) is 11.9 Å². The molecule has 0 atom stereocenters. The molecule has 0 saturated carbocycles. The fourth-order valence-corrected chi connectivity index (χ4v) is 2.47. The lowest BCUT2D eigenvalue weighted by Gasteiger charge is -2.33. The first kappa shape index (κ1) is 13.5. The molecule has 3 rings (SSSR count). The summed E-state index contributed by atoms with van der Waals surface area (Å²) in [5, 5.41) is 3.02. The second kappa shape index (κ2) is 6.30. The van der Waals surface area contributed by atoms with E-state index in [0.717, 1.165) is 31.7 Å². The molecule has 0 bridgehead atoms. The minimum atomic E-state index is -0.153. The van der Waals surface area contributed by atoms with Crippen molar-refractivity contribution in [3.63, 3.8) is 0 Å².